The van der Waals surface area contributed by atoms with Crippen LogP contribution in [-0.2, 0) is 9.53 Å². The van der Waals surface area contributed by atoms with Gasteiger partial charge < -0.3 is 9.64 Å². The van der Waals surface area contributed by atoms with Gasteiger partial charge in [0.25, 0.3) is 0 Å². The van der Waals surface area contributed by atoms with Gasteiger partial charge in [0.1, 0.15) is 0 Å². The summed E-state index contributed by atoms with van der Waals surface area (Å²) in [6.07, 6.45) is 0. The van der Waals surface area contributed by atoms with Gasteiger partial charge in [-0.25, -0.2) is 0 Å². The number of esters is 1. The van der Waals surface area contributed by atoms with Crippen LogP contribution in [0.1, 0.15) is 34.6 Å². The van der Waals surface area contributed by atoms with E-state index in [1.165, 1.54) is 7.11 Å². The van der Waals surface area contributed by atoms with E-state index in [4.69, 9.17) is 4.74 Å². The predicted octanol–water partition coefficient (Wildman–Crippen LogP) is 2.16. The SMILES string of the molecule is COC(=O)C(C)(C)CN(C)C(C)C(C)C. The van der Waals surface area contributed by atoms with Gasteiger partial charge in [0.2, 0.25) is 0 Å². The molecule has 3 nitrogen and oxygen atoms in total. The van der Waals surface area contributed by atoms with E-state index in [0.29, 0.717) is 12.0 Å². The number of carbonyl (C=O) groups excluding carboxylic acids is 1. The van der Waals surface area contributed by atoms with Crippen molar-refractivity contribution in [3.05, 3.63) is 0 Å². The molecular weight excluding hydrogens is 190 g/mol. The minimum atomic E-state index is -0.438. The maximum Gasteiger partial charge on any atom is 0.312 e. The summed E-state index contributed by atoms with van der Waals surface area (Å²) in [4.78, 5) is 13.7. The van der Waals surface area contributed by atoms with Crippen LogP contribution in [0.25, 0.3) is 0 Å². The van der Waals surface area contributed by atoms with Crippen molar-refractivity contribution in [3.63, 3.8) is 0 Å². The zero-order valence-corrected chi connectivity index (χ0v) is 11.1. The lowest BCUT2D eigenvalue weighted by Gasteiger charge is -2.33. The minimum Gasteiger partial charge on any atom is -0.469 e. The van der Waals surface area contributed by atoms with Crippen molar-refractivity contribution in [2.24, 2.45) is 11.3 Å². The maximum absolute atomic E-state index is 11.5. The monoisotopic (exact) mass is 215 g/mol. The summed E-state index contributed by atoms with van der Waals surface area (Å²) in [6.45, 7) is 11.1. The zero-order chi connectivity index (χ0) is 12.2. The van der Waals surface area contributed by atoms with E-state index >= 15 is 0 Å². The summed E-state index contributed by atoms with van der Waals surface area (Å²) < 4.78 is 4.79. The molecule has 1 atom stereocenters. The first kappa shape index (κ1) is 14.4. The van der Waals surface area contributed by atoms with Gasteiger partial charge in [-0.2, -0.15) is 0 Å². The number of hydrogen-bond donors (Lipinski definition) is 0. The van der Waals surface area contributed by atoms with Crippen LogP contribution in [-0.4, -0.2) is 37.6 Å². The molecule has 0 aliphatic carbocycles. The standard InChI is InChI=1S/C12H25NO2/c1-9(2)10(3)13(6)8-12(4,5)11(14)15-7/h9-10H,8H2,1-7H3. The molecule has 3 heteroatoms. The second-order valence-electron chi connectivity index (χ2n) is 5.28. The molecule has 0 aliphatic rings. The Bertz CT molecular complexity index is 212. The van der Waals surface area contributed by atoms with Crippen LogP contribution in [0.15, 0.2) is 0 Å². The van der Waals surface area contributed by atoms with Crippen molar-refractivity contribution in [3.8, 4) is 0 Å². The lowest BCUT2D eigenvalue weighted by Crippen LogP contribution is -2.43. The Hall–Kier alpha value is -0.570. The fraction of sp³-hybridized carbons (Fsp3) is 0.917. The van der Waals surface area contributed by atoms with Gasteiger partial charge in [-0.15, -0.1) is 0 Å². The molecule has 90 valence electrons. The second kappa shape index (κ2) is 5.50. The molecule has 0 bridgehead atoms. The highest BCUT2D eigenvalue weighted by molar-refractivity contribution is 5.76. The van der Waals surface area contributed by atoms with Crippen LogP contribution < -0.4 is 0 Å². The number of hydrogen-bond acceptors (Lipinski definition) is 3. The van der Waals surface area contributed by atoms with Gasteiger partial charge >= 0.3 is 5.97 Å². The van der Waals surface area contributed by atoms with Crippen LogP contribution in [0.5, 0.6) is 0 Å². The van der Waals surface area contributed by atoms with Gasteiger partial charge in [0, 0.05) is 12.6 Å². The van der Waals surface area contributed by atoms with Crippen LogP contribution in [0.4, 0.5) is 0 Å². The number of rotatable bonds is 5. The number of ether oxygens (including phenoxy) is 1. The number of methoxy groups -OCH3 is 1. The van der Waals surface area contributed by atoms with E-state index in [0.717, 1.165) is 6.54 Å². The molecule has 0 aromatic heterocycles. The third kappa shape index (κ3) is 4.20. The zero-order valence-electron chi connectivity index (χ0n) is 11.1. The molecule has 0 amide bonds. The molecule has 0 saturated heterocycles. The molecule has 0 aliphatic heterocycles. The van der Waals surface area contributed by atoms with Crippen molar-refractivity contribution in [1.82, 2.24) is 4.90 Å². The largest absolute Gasteiger partial charge is 0.469 e. The van der Waals surface area contributed by atoms with Crippen molar-refractivity contribution >= 4 is 5.97 Å². The Morgan fingerprint density at radius 1 is 1.33 bits per heavy atom. The molecular formula is C12H25NO2. The summed E-state index contributed by atoms with van der Waals surface area (Å²) in [5, 5.41) is 0. The molecule has 0 saturated carbocycles. The fourth-order valence-electron chi connectivity index (χ4n) is 1.62. The predicted molar refractivity (Wildman–Crippen MR) is 62.7 cm³/mol. The molecule has 0 rings (SSSR count). The van der Waals surface area contributed by atoms with E-state index in [-0.39, 0.29) is 5.97 Å². The van der Waals surface area contributed by atoms with Crippen molar-refractivity contribution in [2.45, 2.75) is 40.7 Å². The molecule has 0 N–H and O–H groups in total. The quantitative estimate of drug-likeness (QED) is 0.658. The Kier molecular flexibility index (Phi) is 5.29. The molecule has 0 aromatic rings. The van der Waals surface area contributed by atoms with E-state index in [1.807, 2.05) is 13.8 Å². The van der Waals surface area contributed by atoms with Gasteiger partial charge in [-0.3, -0.25) is 4.79 Å². The Labute approximate surface area is 93.8 Å². The molecule has 0 aromatic carbocycles. The third-order valence-corrected chi connectivity index (χ3v) is 3.04. The maximum atomic E-state index is 11.5. The van der Waals surface area contributed by atoms with E-state index in [9.17, 15) is 4.79 Å². The lowest BCUT2D eigenvalue weighted by atomic mass is 9.91. The molecule has 0 spiro atoms. The Balaban J connectivity index is 4.39. The first-order valence-corrected chi connectivity index (χ1v) is 5.51. The van der Waals surface area contributed by atoms with Crippen LogP contribution in [0, 0.1) is 11.3 Å². The van der Waals surface area contributed by atoms with Crippen LogP contribution in [0.2, 0.25) is 0 Å². The van der Waals surface area contributed by atoms with Gasteiger partial charge in [-0.1, -0.05) is 13.8 Å². The molecule has 15 heavy (non-hydrogen) atoms. The highest BCUT2D eigenvalue weighted by Gasteiger charge is 2.31. The third-order valence-electron chi connectivity index (χ3n) is 3.04. The first-order chi connectivity index (χ1) is 6.72. The second-order valence-corrected chi connectivity index (χ2v) is 5.28. The fourth-order valence-corrected chi connectivity index (χ4v) is 1.62. The number of nitrogens with zero attached hydrogens (tertiary/aromatic N) is 1. The first-order valence-electron chi connectivity index (χ1n) is 5.51. The lowest BCUT2D eigenvalue weighted by molar-refractivity contribution is -0.152. The average molecular weight is 215 g/mol. The smallest absolute Gasteiger partial charge is 0.312 e. The summed E-state index contributed by atoms with van der Waals surface area (Å²) in [5.41, 5.74) is -0.438. The summed E-state index contributed by atoms with van der Waals surface area (Å²) in [7, 11) is 3.49. The molecule has 0 heterocycles. The molecule has 0 fully saturated rings. The number of carbonyl (C=O) groups is 1. The van der Waals surface area contributed by atoms with Crippen molar-refractivity contribution < 1.29 is 9.53 Å². The normalized spacial score (nSPS) is 14.5. The summed E-state index contributed by atoms with van der Waals surface area (Å²) >= 11 is 0. The Morgan fingerprint density at radius 2 is 1.80 bits per heavy atom. The Morgan fingerprint density at radius 3 is 2.13 bits per heavy atom. The highest BCUT2D eigenvalue weighted by Crippen LogP contribution is 2.21. The van der Waals surface area contributed by atoms with Crippen LogP contribution >= 0.6 is 0 Å². The molecule has 0 radical (unpaired) electrons. The summed E-state index contributed by atoms with van der Waals surface area (Å²) in [6, 6.07) is 0.467. The average Bonchev–Trinajstić information content (AvgIpc) is 2.14. The summed E-state index contributed by atoms with van der Waals surface area (Å²) in [5.74, 6) is 0.439. The van der Waals surface area contributed by atoms with Gasteiger partial charge in [-0.05, 0) is 33.7 Å². The topological polar surface area (TPSA) is 29.5 Å². The van der Waals surface area contributed by atoms with Crippen molar-refractivity contribution in [1.29, 1.82) is 0 Å². The van der Waals surface area contributed by atoms with E-state index in [2.05, 4.69) is 32.7 Å². The van der Waals surface area contributed by atoms with Crippen molar-refractivity contribution in [2.75, 3.05) is 20.7 Å². The van der Waals surface area contributed by atoms with Gasteiger partial charge in [0.05, 0.1) is 12.5 Å². The minimum absolute atomic E-state index is 0.148. The van der Waals surface area contributed by atoms with E-state index in [1.54, 1.807) is 0 Å². The molecule has 1 unspecified atom stereocenters. The van der Waals surface area contributed by atoms with Gasteiger partial charge in [0.15, 0.2) is 0 Å². The van der Waals surface area contributed by atoms with Crippen LogP contribution in [0.3, 0.4) is 0 Å². The highest BCUT2D eigenvalue weighted by atomic mass is 16.5. The van der Waals surface area contributed by atoms with E-state index < -0.39 is 5.41 Å².